The smallest absolute Gasteiger partial charge is 0.234 e. The summed E-state index contributed by atoms with van der Waals surface area (Å²) < 4.78 is 7.00. The van der Waals surface area contributed by atoms with Gasteiger partial charge in [-0.15, -0.1) is 0 Å². The molecule has 17 heavy (non-hydrogen) atoms. The van der Waals surface area contributed by atoms with Gasteiger partial charge < -0.3 is 10.3 Å². The Morgan fingerprint density at radius 3 is 2.82 bits per heavy atom. The van der Waals surface area contributed by atoms with Crippen molar-refractivity contribution in [1.29, 1.82) is 0 Å². The molecule has 0 bridgehead atoms. The summed E-state index contributed by atoms with van der Waals surface area (Å²) in [5.41, 5.74) is 6.35. The van der Waals surface area contributed by atoms with Crippen LogP contribution in [-0.2, 0) is 12.5 Å². The summed E-state index contributed by atoms with van der Waals surface area (Å²) in [5.74, 6) is 1.14. The summed E-state index contributed by atoms with van der Waals surface area (Å²) in [6.45, 7) is 4.56. The largest absolute Gasteiger partial charge is 0.338 e. The van der Waals surface area contributed by atoms with Crippen LogP contribution in [0.15, 0.2) is 16.9 Å². The number of rotatable bonds is 4. The molecule has 0 fully saturated rings. The summed E-state index contributed by atoms with van der Waals surface area (Å²) in [7, 11) is 1.85. The molecule has 0 amide bonds. The topological polar surface area (TPSA) is 82.8 Å². The van der Waals surface area contributed by atoms with Crippen LogP contribution >= 0.6 is 0 Å². The van der Waals surface area contributed by atoms with Crippen LogP contribution in [0, 0.1) is 0 Å². The van der Waals surface area contributed by atoms with Crippen LogP contribution in [0.25, 0.3) is 11.4 Å². The number of aryl methyl sites for hydroxylation is 1. The Hall–Kier alpha value is -1.69. The van der Waals surface area contributed by atoms with Crippen LogP contribution in [0.2, 0.25) is 0 Å². The van der Waals surface area contributed by atoms with Gasteiger partial charge in [-0.25, -0.2) is 0 Å². The summed E-state index contributed by atoms with van der Waals surface area (Å²) in [4.78, 5) is 4.40. The Kier molecular flexibility index (Phi) is 2.97. The van der Waals surface area contributed by atoms with E-state index in [0.29, 0.717) is 18.3 Å². The van der Waals surface area contributed by atoms with Gasteiger partial charge in [-0.3, -0.25) is 4.68 Å². The predicted molar refractivity (Wildman–Crippen MR) is 63.2 cm³/mol. The fourth-order valence-electron chi connectivity index (χ4n) is 1.51. The lowest BCUT2D eigenvalue weighted by Crippen LogP contribution is -2.31. The molecule has 0 aliphatic carbocycles. The minimum Gasteiger partial charge on any atom is -0.338 e. The van der Waals surface area contributed by atoms with E-state index in [1.165, 1.54) is 0 Å². The van der Waals surface area contributed by atoms with Crippen molar-refractivity contribution in [1.82, 2.24) is 19.9 Å². The second-order valence-electron chi connectivity index (χ2n) is 4.44. The molecule has 0 aromatic carbocycles. The number of hydrogen-bond acceptors (Lipinski definition) is 5. The second kappa shape index (κ2) is 4.29. The first-order valence-corrected chi connectivity index (χ1v) is 5.62. The first kappa shape index (κ1) is 11.8. The molecule has 0 saturated carbocycles. The van der Waals surface area contributed by atoms with Crippen molar-refractivity contribution >= 4 is 0 Å². The van der Waals surface area contributed by atoms with Crippen LogP contribution in [0.3, 0.4) is 0 Å². The summed E-state index contributed by atoms with van der Waals surface area (Å²) in [6, 6.07) is 0. The molecule has 2 aromatic heterocycles. The average Bonchev–Trinajstić information content (AvgIpc) is 2.96. The second-order valence-corrected chi connectivity index (χ2v) is 4.44. The number of hydrogen-bond donors (Lipinski definition) is 1. The van der Waals surface area contributed by atoms with E-state index in [4.69, 9.17) is 10.3 Å². The predicted octanol–water partition coefficient (Wildman–Crippen LogP) is 1.10. The number of aromatic nitrogens is 4. The molecule has 1 atom stereocenters. The molecule has 2 heterocycles. The third kappa shape index (κ3) is 2.08. The molecular weight excluding hydrogens is 218 g/mol. The van der Waals surface area contributed by atoms with Gasteiger partial charge in [0.25, 0.3) is 0 Å². The molecule has 0 aliphatic rings. The summed E-state index contributed by atoms with van der Waals surface area (Å²) >= 11 is 0. The van der Waals surface area contributed by atoms with E-state index in [2.05, 4.69) is 22.2 Å². The van der Waals surface area contributed by atoms with Gasteiger partial charge in [0.15, 0.2) is 0 Å². The first-order valence-electron chi connectivity index (χ1n) is 5.62. The van der Waals surface area contributed by atoms with E-state index in [0.717, 1.165) is 12.0 Å². The van der Waals surface area contributed by atoms with Gasteiger partial charge in [0, 0.05) is 19.8 Å². The van der Waals surface area contributed by atoms with Crippen molar-refractivity contribution < 1.29 is 4.52 Å². The van der Waals surface area contributed by atoms with E-state index >= 15 is 0 Å². The maximum absolute atomic E-state index is 5.76. The quantitative estimate of drug-likeness (QED) is 0.857. The minimum atomic E-state index is -0.256. The molecule has 2 N–H and O–H groups in total. The van der Waals surface area contributed by atoms with Gasteiger partial charge in [-0.1, -0.05) is 12.1 Å². The summed E-state index contributed by atoms with van der Waals surface area (Å²) in [5, 5.41) is 8.04. The van der Waals surface area contributed by atoms with Gasteiger partial charge in [-0.05, 0) is 13.3 Å². The van der Waals surface area contributed by atoms with E-state index in [-0.39, 0.29) is 5.41 Å². The third-order valence-corrected chi connectivity index (χ3v) is 3.14. The Balaban J connectivity index is 2.33. The highest BCUT2D eigenvalue weighted by molar-refractivity contribution is 5.51. The standard InChI is InChI=1S/C11H17N5O/c1-4-11(2,7-12)10-14-9(15-17-10)8-5-13-16(3)6-8/h5-6H,4,7,12H2,1-3H3. The normalized spacial score (nSPS) is 14.8. The van der Waals surface area contributed by atoms with Crippen molar-refractivity contribution in [2.75, 3.05) is 6.54 Å². The monoisotopic (exact) mass is 235 g/mol. The SMILES string of the molecule is CCC(C)(CN)c1nc(-c2cnn(C)c2)no1. The number of nitrogens with zero attached hydrogens (tertiary/aromatic N) is 4. The van der Waals surface area contributed by atoms with Crippen molar-refractivity contribution in [3.63, 3.8) is 0 Å². The lowest BCUT2D eigenvalue weighted by molar-refractivity contribution is 0.291. The van der Waals surface area contributed by atoms with Gasteiger partial charge in [0.05, 0.1) is 17.2 Å². The fraction of sp³-hybridized carbons (Fsp3) is 0.545. The van der Waals surface area contributed by atoms with Crippen LogP contribution in [-0.4, -0.2) is 26.5 Å². The maximum Gasteiger partial charge on any atom is 0.234 e. The Bertz CT molecular complexity index is 497. The van der Waals surface area contributed by atoms with Gasteiger partial charge in [-0.2, -0.15) is 10.1 Å². The number of nitrogens with two attached hydrogens (primary N) is 1. The molecule has 6 nitrogen and oxygen atoms in total. The van der Waals surface area contributed by atoms with Crippen LogP contribution in [0.4, 0.5) is 0 Å². The molecule has 1 unspecified atom stereocenters. The van der Waals surface area contributed by atoms with Crippen molar-refractivity contribution in [3.8, 4) is 11.4 Å². The fourth-order valence-corrected chi connectivity index (χ4v) is 1.51. The molecule has 2 rings (SSSR count). The molecule has 0 saturated heterocycles. The Morgan fingerprint density at radius 2 is 2.29 bits per heavy atom. The zero-order chi connectivity index (χ0) is 12.5. The molecule has 0 aliphatic heterocycles. The molecular formula is C11H17N5O. The van der Waals surface area contributed by atoms with E-state index in [9.17, 15) is 0 Å². The lowest BCUT2D eigenvalue weighted by atomic mass is 9.88. The first-order chi connectivity index (χ1) is 8.09. The highest BCUT2D eigenvalue weighted by atomic mass is 16.5. The van der Waals surface area contributed by atoms with Crippen molar-refractivity contribution in [2.45, 2.75) is 25.7 Å². The molecule has 92 valence electrons. The van der Waals surface area contributed by atoms with Crippen LogP contribution in [0.1, 0.15) is 26.2 Å². The van der Waals surface area contributed by atoms with Crippen molar-refractivity contribution in [3.05, 3.63) is 18.3 Å². The van der Waals surface area contributed by atoms with Crippen molar-refractivity contribution in [2.24, 2.45) is 12.8 Å². The minimum absolute atomic E-state index is 0.256. The van der Waals surface area contributed by atoms with Gasteiger partial charge >= 0.3 is 0 Å². The zero-order valence-corrected chi connectivity index (χ0v) is 10.3. The molecule has 0 spiro atoms. The summed E-state index contributed by atoms with van der Waals surface area (Å²) in [6.07, 6.45) is 4.42. The maximum atomic E-state index is 5.76. The Labute approximate surface area is 99.8 Å². The highest BCUT2D eigenvalue weighted by Gasteiger charge is 2.29. The van der Waals surface area contributed by atoms with E-state index in [1.807, 2.05) is 20.2 Å². The van der Waals surface area contributed by atoms with Gasteiger partial charge in [0.2, 0.25) is 11.7 Å². The highest BCUT2D eigenvalue weighted by Crippen LogP contribution is 2.26. The molecule has 2 aromatic rings. The Morgan fingerprint density at radius 1 is 1.53 bits per heavy atom. The average molecular weight is 235 g/mol. The van der Waals surface area contributed by atoms with Crippen LogP contribution < -0.4 is 5.73 Å². The zero-order valence-electron chi connectivity index (χ0n) is 10.3. The lowest BCUT2D eigenvalue weighted by Gasteiger charge is -2.20. The van der Waals surface area contributed by atoms with Crippen LogP contribution in [0.5, 0.6) is 0 Å². The van der Waals surface area contributed by atoms with Gasteiger partial charge in [0.1, 0.15) is 0 Å². The molecule has 0 radical (unpaired) electrons. The third-order valence-electron chi connectivity index (χ3n) is 3.14. The van der Waals surface area contributed by atoms with E-state index in [1.54, 1.807) is 10.9 Å². The van der Waals surface area contributed by atoms with E-state index < -0.39 is 0 Å². The molecule has 6 heteroatoms.